The Balaban J connectivity index is 2.44. The highest BCUT2D eigenvalue weighted by atomic mass is 32.2. The summed E-state index contributed by atoms with van der Waals surface area (Å²) in [7, 11) is -1.84. The molecule has 0 bridgehead atoms. The van der Waals surface area contributed by atoms with Gasteiger partial charge in [-0.3, -0.25) is 0 Å². The molecule has 1 aromatic carbocycles. The Hall–Kier alpha value is -1.07. The molecule has 0 unspecified atom stereocenters. The van der Waals surface area contributed by atoms with Crippen molar-refractivity contribution >= 4 is 10.0 Å². The molecular formula is C18H29NO3S. The van der Waals surface area contributed by atoms with Crippen LogP contribution in [0.1, 0.15) is 46.6 Å². The van der Waals surface area contributed by atoms with Crippen molar-refractivity contribution in [1.29, 1.82) is 0 Å². The van der Waals surface area contributed by atoms with Crippen molar-refractivity contribution in [2.24, 2.45) is 11.8 Å². The maximum Gasteiger partial charge on any atom is 0.243 e. The third-order valence-electron chi connectivity index (χ3n) is 4.45. The third-order valence-corrected chi connectivity index (χ3v) is 6.28. The van der Waals surface area contributed by atoms with Crippen molar-refractivity contribution in [2.45, 2.75) is 51.3 Å². The molecule has 2 atom stereocenters. The van der Waals surface area contributed by atoms with Gasteiger partial charge < -0.3 is 4.74 Å². The highest BCUT2D eigenvalue weighted by Gasteiger charge is 2.32. The van der Waals surface area contributed by atoms with Gasteiger partial charge in [0.05, 0.1) is 12.0 Å². The van der Waals surface area contributed by atoms with Crippen molar-refractivity contribution < 1.29 is 13.2 Å². The topological polar surface area (TPSA) is 46.6 Å². The first-order valence-electron chi connectivity index (χ1n) is 8.24. The lowest BCUT2D eigenvalue weighted by Gasteiger charge is -2.34. The summed E-state index contributed by atoms with van der Waals surface area (Å²) in [6.45, 7) is 11.6. The summed E-state index contributed by atoms with van der Waals surface area (Å²) < 4.78 is 33.1. The zero-order chi connectivity index (χ0) is 17.4. The standard InChI is InChI=1S/C18H29NO3S/c1-13-9-14(2)12-19(11-13)23(20,21)15-7-8-17(22-6)16(10-15)18(3,4)5/h7-8,10,13-14H,9,11-12H2,1-6H3/t13-,14-/m0/s1. The molecule has 4 nitrogen and oxygen atoms in total. The minimum atomic E-state index is -3.46. The van der Waals surface area contributed by atoms with E-state index in [4.69, 9.17) is 4.74 Å². The first-order chi connectivity index (χ1) is 10.6. The van der Waals surface area contributed by atoms with Crippen molar-refractivity contribution in [2.75, 3.05) is 20.2 Å². The second-order valence-electron chi connectivity index (χ2n) is 7.88. The molecule has 1 aromatic rings. The van der Waals surface area contributed by atoms with Gasteiger partial charge in [-0.15, -0.1) is 0 Å². The van der Waals surface area contributed by atoms with Gasteiger partial charge in [0.2, 0.25) is 10.0 Å². The van der Waals surface area contributed by atoms with Crippen molar-refractivity contribution in [1.82, 2.24) is 4.31 Å². The summed E-state index contributed by atoms with van der Waals surface area (Å²) in [6.07, 6.45) is 1.09. The molecule has 0 spiro atoms. The summed E-state index contributed by atoms with van der Waals surface area (Å²) >= 11 is 0. The lowest BCUT2D eigenvalue weighted by atomic mass is 9.86. The Bertz CT molecular complexity index is 651. The molecule has 23 heavy (non-hydrogen) atoms. The highest BCUT2D eigenvalue weighted by Crippen LogP contribution is 2.35. The van der Waals surface area contributed by atoms with Crippen LogP contribution in [0.25, 0.3) is 0 Å². The van der Waals surface area contributed by atoms with Gasteiger partial charge in [0.25, 0.3) is 0 Å². The zero-order valence-electron chi connectivity index (χ0n) is 15.1. The number of benzene rings is 1. The van der Waals surface area contributed by atoms with Crippen LogP contribution in [0.4, 0.5) is 0 Å². The predicted molar refractivity (Wildman–Crippen MR) is 93.4 cm³/mol. The van der Waals surface area contributed by atoms with E-state index in [9.17, 15) is 8.42 Å². The van der Waals surface area contributed by atoms with E-state index in [0.29, 0.717) is 29.8 Å². The average Bonchev–Trinajstić information content (AvgIpc) is 2.44. The maximum atomic E-state index is 13.0. The van der Waals surface area contributed by atoms with Crippen LogP contribution in [0.3, 0.4) is 0 Å². The van der Waals surface area contributed by atoms with Gasteiger partial charge >= 0.3 is 0 Å². The monoisotopic (exact) mass is 339 g/mol. The lowest BCUT2D eigenvalue weighted by Crippen LogP contribution is -2.42. The minimum absolute atomic E-state index is 0.181. The Labute approximate surface area is 140 Å². The van der Waals surface area contributed by atoms with Crippen LogP contribution in [-0.2, 0) is 15.4 Å². The number of nitrogens with zero attached hydrogens (tertiary/aromatic N) is 1. The fraction of sp³-hybridized carbons (Fsp3) is 0.667. The van der Waals surface area contributed by atoms with E-state index < -0.39 is 10.0 Å². The number of hydrogen-bond acceptors (Lipinski definition) is 3. The third kappa shape index (κ3) is 3.89. The fourth-order valence-electron chi connectivity index (χ4n) is 3.38. The summed E-state index contributed by atoms with van der Waals surface area (Å²) in [5, 5.41) is 0. The minimum Gasteiger partial charge on any atom is -0.496 e. The average molecular weight is 340 g/mol. The molecule has 130 valence electrons. The summed E-state index contributed by atoms with van der Waals surface area (Å²) in [4.78, 5) is 0.365. The van der Waals surface area contributed by atoms with E-state index in [-0.39, 0.29) is 5.41 Å². The summed E-state index contributed by atoms with van der Waals surface area (Å²) in [6, 6.07) is 5.20. The van der Waals surface area contributed by atoms with Gasteiger partial charge in [-0.2, -0.15) is 4.31 Å². The number of rotatable bonds is 3. The highest BCUT2D eigenvalue weighted by molar-refractivity contribution is 7.89. The van der Waals surface area contributed by atoms with Gasteiger partial charge in [-0.05, 0) is 41.9 Å². The summed E-state index contributed by atoms with van der Waals surface area (Å²) in [5.74, 6) is 1.53. The predicted octanol–water partition coefficient (Wildman–Crippen LogP) is 3.66. The Kier molecular flexibility index (Phi) is 5.12. The SMILES string of the molecule is COc1ccc(S(=O)(=O)N2C[C@@H](C)C[C@H](C)C2)cc1C(C)(C)C. The molecule has 0 saturated carbocycles. The molecule has 5 heteroatoms. The molecule has 0 aliphatic carbocycles. The molecular weight excluding hydrogens is 310 g/mol. The smallest absolute Gasteiger partial charge is 0.243 e. The van der Waals surface area contributed by atoms with Crippen LogP contribution in [0.2, 0.25) is 0 Å². The molecule has 0 radical (unpaired) electrons. The number of ether oxygens (including phenoxy) is 1. The number of methoxy groups -OCH3 is 1. The molecule has 1 aliphatic heterocycles. The van der Waals surface area contributed by atoms with Crippen LogP contribution in [0.15, 0.2) is 23.1 Å². The van der Waals surface area contributed by atoms with Crippen molar-refractivity contribution in [3.8, 4) is 5.75 Å². The van der Waals surface area contributed by atoms with Crippen molar-refractivity contribution in [3.05, 3.63) is 23.8 Å². The van der Waals surface area contributed by atoms with Gasteiger partial charge in [0, 0.05) is 18.7 Å². The van der Waals surface area contributed by atoms with E-state index in [2.05, 4.69) is 34.6 Å². The maximum absolute atomic E-state index is 13.0. The van der Waals surface area contributed by atoms with E-state index in [0.717, 1.165) is 17.7 Å². The fourth-order valence-corrected chi connectivity index (χ4v) is 5.09. The van der Waals surface area contributed by atoms with E-state index in [1.54, 1.807) is 29.6 Å². The van der Waals surface area contributed by atoms with Crippen LogP contribution in [0, 0.1) is 11.8 Å². The Morgan fingerprint density at radius 1 is 1.13 bits per heavy atom. The molecule has 0 aromatic heterocycles. The first kappa shape index (κ1) is 18.3. The van der Waals surface area contributed by atoms with Crippen LogP contribution in [-0.4, -0.2) is 32.9 Å². The molecule has 0 N–H and O–H groups in total. The molecule has 1 aliphatic rings. The number of hydrogen-bond donors (Lipinski definition) is 0. The first-order valence-corrected chi connectivity index (χ1v) is 9.68. The van der Waals surface area contributed by atoms with Crippen molar-refractivity contribution in [3.63, 3.8) is 0 Å². The lowest BCUT2D eigenvalue weighted by molar-refractivity contribution is 0.222. The molecule has 1 heterocycles. The second kappa shape index (κ2) is 6.44. The quantitative estimate of drug-likeness (QED) is 0.844. The normalized spacial score (nSPS) is 23.7. The molecule has 2 rings (SSSR count). The molecule has 1 saturated heterocycles. The van der Waals surface area contributed by atoms with Gasteiger partial charge in [0.1, 0.15) is 5.75 Å². The number of sulfonamides is 1. The molecule has 1 fully saturated rings. The zero-order valence-corrected chi connectivity index (χ0v) is 15.9. The van der Waals surface area contributed by atoms with Gasteiger partial charge in [-0.1, -0.05) is 34.6 Å². The molecule has 0 amide bonds. The van der Waals surface area contributed by atoms with Gasteiger partial charge in [-0.25, -0.2) is 8.42 Å². The largest absolute Gasteiger partial charge is 0.496 e. The summed E-state index contributed by atoms with van der Waals surface area (Å²) in [5.41, 5.74) is 0.735. The van der Waals surface area contributed by atoms with Crippen LogP contribution >= 0.6 is 0 Å². The Morgan fingerprint density at radius 2 is 1.70 bits per heavy atom. The Morgan fingerprint density at radius 3 is 2.17 bits per heavy atom. The van der Waals surface area contributed by atoms with Gasteiger partial charge in [0.15, 0.2) is 0 Å². The van der Waals surface area contributed by atoms with E-state index >= 15 is 0 Å². The van der Waals surface area contributed by atoms with E-state index in [1.165, 1.54) is 0 Å². The van der Waals surface area contributed by atoms with Crippen LogP contribution < -0.4 is 4.74 Å². The van der Waals surface area contributed by atoms with Crippen LogP contribution in [0.5, 0.6) is 5.75 Å². The number of piperidine rings is 1. The van der Waals surface area contributed by atoms with E-state index in [1.807, 2.05) is 0 Å². The second-order valence-corrected chi connectivity index (χ2v) is 9.82.